The predicted octanol–water partition coefficient (Wildman–Crippen LogP) is 4.65. The van der Waals surface area contributed by atoms with Crippen LogP contribution in [0.4, 0.5) is 0 Å². The van der Waals surface area contributed by atoms with E-state index in [1.54, 1.807) is 0 Å². The maximum Gasteiger partial charge on any atom is 0.264 e. The van der Waals surface area contributed by atoms with Gasteiger partial charge in [0.2, 0.25) is 0 Å². The molecule has 6 heteroatoms. The lowest BCUT2D eigenvalue weighted by Crippen LogP contribution is -2.11. The maximum absolute atomic E-state index is 10.5. The molecule has 1 aromatic carbocycles. The third-order valence-corrected chi connectivity index (χ3v) is 4.98. The molecule has 1 rings (SSSR count). The van der Waals surface area contributed by atoms with Crippen molar-refractivity contribution in [3.05, 3.63) is 29.8 Å². The summed E-state index contributed by atoms with van der Waals surface area (Å²) in [7, 11) is -3.89. The van der Waals surface area contributed by atoms with E-state index in [4.69, 9.17) is 14.0 Å². The summed E-state index contributed by atoms with van der Waals surface area (Å²) in [5, 5.41) is 0. The Hall–Kier alpha value is -1.11. The van der Waals surface area contributed by atoms with Gasteiger partial charge in [-0.25, -0.2) is 0 Å². The Morgan fingerprint density at radius 1 is 0.846 bits per heavy atom. The van der Waals surface area contributed by atoms with Gasteiger partial charge in [-0.3, -0.25) is 4.55 Å². The Balaban J connectivity index is 2.04. The van der Waals surface area contributed by atoms with Crippen LogP contribution in [-0.4, -0.2) is 38.5 Å². The summed E-state index contributed by atoms with van der Waals surface area (Å²) < 4.78 is 40.6. The van der Waals surface area contributed by atoms with E-state index in [0.29, 0.717) is 19.8 Å². The van der Waals surface area contributed by atoms with Crippen molar-refractivity contribution in [3.8, 4) is 5.75 Å². The lowest BCUT2D eigenvalue weighted by Gasteiger charge is -2.08. The van der Waals surface area contributed by atoms with E-state index in [0.717, 1.165) is 12.2 Å². The molecule has 0 amide bonds. The van der Waals surface area contributed by atoms with Crippen molar-refractivity contribution in [1.29, 1.82) is 0 Å². The van der Waals surface area contributed by atoms with Crippen LogP contribution in [0.25, 0.3) is 0 Å². The summed E-state index contributed by atoms with van der Waals surface area (Å²) in [6.45, 7) is 3.35. The fourth-order valence-corrected chi connectivity index (χ4v) is 3.19. The van der Waals surface area contributed by atoms with Gasteiger partial charge in [0, 0.05) is 6.61 Å². The molecule has 0 aliphatic rings. The predicted molar refractivity (Wildman–Crippen MR) is 105 cm³/mol. The van der Waals surface area contributed by atoms with E-state index < -0.39 is 10.1 Å². The van der Waals surface area contributed by atoms with Crippen molar-refractivity contribution in [3.63, 3.8) is 0 Å². The van der Waals surface area contributed by atoms with Crippen LogP contribution in [-0.2, 0) is 21.3 Å². The first-order valence-corrected chi connectivity index (χ1v) is 11.4. The number of hydrogen-bond donors (Lipinski definition) is 1. The highest BCUT2D eigenvalue weighted by Crippen LogP contribution is 2.15. The van der Waals surface area contributed by atoms with Gasteiger partial charge in [0.15, 0.2) is 0 Å². The molecule has 0 saturated carbocycles. The van der Waals surface area contributed by atoms with E-state index in [2.05, 4.69) is 19.1 Å². The van der Waals surface area contributed by atoms with Gasteiger partial charge in [0.05, 0.1) is 12.4 Å². The van der Waals surface area contributed by atoms with Gasteiger partial charge in [-0.05, 0) is 37.0 Å². The van der Waals surface area contributed by atoms with E-state index >= 15 is 0 Å². The minimum absolute atomic E-state index is 0.270. The van der Waals surface area contributed by atoms with Crippen molar-refractivity contribution in [2.45, 2.75) is 64.7 Å². The number of unbranched alkanes of at least 4 members (excludes halogenated alkanes) is 6. The molecule has 0 aliphatic heterocycles. The first-order valence-electron chi connectivity index (χ1n) is 9.76. The van der Waals surface area contributed by atoms with E-state index in [1.807, 2.05) is 12.1 Å². The van der Waals surface area contributed by atoms with Gasteiger partial charge in [0.1, 0.15) is 12.4 Å². The zero-order chi connectivity index (χ0) is 19.1. The molecule has 1 aromatic rings. The van der Waals surface area contributed by atoms with Crippen LogP contribution in [0.2, 0.25) is 0 Å². The monoisotopic (exact) mass is 386 g/mol. The average molecular weight is 387 g/mol. The molecule has 26 heavy (non-hydrogen) atoms. The average Bonchev–Trinajstić information content (AvgIpc) is 2.60. The molecule has 1 N–H and O–H groups in total. The van der Waals surface area contributed by atoms with Crippen LogP contribution in [0.1, 0.15) is 63.9 Å². The topological polar surface area (TPSA) is 72.8 Å². The maximum atomic E-state index is 10.5. The summed E-state index contributed by atoms with van der Waals surface area (Å²) in [6.07, 6.45) is 10.7. The van der Waals surface area contributed by atoms with Crippen molar-refractivity contribution in [2.24, 2.45) is 0 Å². The highest BCUT2D eigenvalue weighted by molar-refractivity contribution is 7.85. The van der Waals surface area contributed by atoms with Crippen LogP contribution in [0.5, 0.6) is 5.75 Å². The summed E-state index contributed by atoms with van der Waals surface area (Å²) in [5.74, 6) is 0.545. The second kappa shape index (κ2) is 14.0. The van der Waals surface area contributed by atoms with Gasteiger partial charge in [-0.2, -0.15) is 8.42 Å². The summed E-state index contributed by atoms with van der Waals surface area (Å²) in [4.78, 5) is 0. The molecule has 0 fully saturated rings. The molecule has 0 aromatic heterocycles. The Morgan fingerprint density at radius 2 is 1.50 bits per heavy atom. The molecule has 150 valence electrons. The highest BCUT2D eigenvalue weighted by Gasteiger charge is 2.03. The van der Waals surface area contributed by atoms with Crippen molar-refractivity contribution in [1.82, 2.24) is 0 Å². The number of aryl methyl sites for hydroxylation is 1. The van der Waals surface area contributed by atoms with Crippen LogP contribution in [0.3, 0.4) is 0 Å². The van der Waals surface area contributed by atoms with E-state index in [1.165, 1.54) is 50.5 Å². The SMILES string of the molecule is CCCCCCCCCc1ccc(OCCOCCCS(=O)(=O)O)cc1. The van der Waals surface area contributed by atoms with Gasteiger partial charge in [-0.1, -0.05) is 57.6 Å². The van der Waals surface area contributed by atoms with Gasteiger partial charge in [0.25, 0.3) is 10.1 Å². The summed E-state index contributed by atoms with van der Waals surface area (Å²) in [5.41, 5.74) is 1.34. The minimum atomic E-state index is -3.89. The fraction of sp³-hybridized carbons (Fsp3) is 0.700. The molecule has 0 saturated heterocycles. The first-order chi connectivity index (χ1) is 12.5. The second-order valence-corrected chi connectivity index (χ2v) is 8.19. The second-order valence-electron chi connectivity index (χ2n) is 6.62. The van der Waals surface area contributed by atoms with Crippen LogP contribution in [0.15, 0.2) is 24.3 Å². The number of hydrogen-bond acceptors (Lipinski definition) is 4. The molecule has 0 atom stereocenters. The highest BCUT2D eigenvalue weighted by atomic mass is 32.2. The molecular formula is C20H34O5S. The molecule has 0 unspecified atom stereocenters. The molecular weight excluding hydrogens is 352 g/mol. The van der Waals surface area contributed by atoms with Gasteiger partial charge < -0.3 is 9.47 Å². The third kappa shape index (κ3) is 13.1. The number of benzene rings is 1. The molecule has 5 nitrogen and oxygen atoms in total. The summed E-state index contributed by atoms with van der Waals surface area (Å²) >= 11 is 0. The number of ether oxygens (including phenoxy) is 2. The fourth-order valence-electron chi connectivity index (χ4n) is 2.70. The van der Waals surface area contributed by atoms with Crippen LogP contribution >= 0.6 is 0 Å². The zero-order valence-corrected chi connectivity index (χ0v) is 16.8. The largest absolute Gasteiger partial charge is 0.491 e. The Bertz CT molecular complexity index is 554. The molecule has 0 aliphatic carbocycles. The van der Waals surface area contributed by atoms with Crippen molar-refractivity contribution >= 4 is 10.1 Å². The smallest absolute Gasteiger partial charge is 0.264 e. The van der Waals surface area contributed by atoms with Crippen LogP contribution in [0, 0.1) is 0 Å². The molecule has 0 spiro atoms. The number of rotatable bonds is 16. The lowest BCUT2D eigenvalue weighted by atomic mass is 10.0. The summed E-state index contributed by atoms with van der Waals surface area (Å²) in [6, 6.07) is 8.18. The Morgan fingerprint density at radius 3 is 2.15 bits per heavy atom. The quantitative estimate of drug-likeness (QED) is 0.331. The van der Waals surface area contributed by atoms with Crippen molar-refractivity contribution in [2.75, 3.05) is 25.6 Å². The van der Waals surface area contributed by atoms with Crippen molar-refractivity contribution < 1.29 is 22.4 Å². The first kappa shape index (κ1) is 22.9. The minimum Gasteiger partial charge on any atom is -0.491 e. The van der Waals surface area contributed by atoms with Gasteiger partial charge >= 0.3 is 0 Å². The molecule has 0 bridgehead atoms. The van der Waals surface area contributed by atoms with Gasteiger partial charge in [-0.15, -0.1) is 0 Å². The third-order valence-electron chi connectivity index (χ3n) is 4.18. The molecule has 0 heterocycles. The van der Waals surface area contributed by atoms with E-state index in [9.17, 15) is 8.42 Å². The standard InChI is InChI=1S/C20H34O5S/c1-2-3-4-5-6-7-8-10-19-11-13-20(14-12-19)25-17-16-24-15-9-18-26(21,22)23/h11-14H,2-10,15-18H2,1H3,(H,21,22,23). The molecule has 0 radical (unpaired) electrons. The van der Waals surface area contributed by atoms with E-state index in [-0.39, 0.29) is 12.2 Å². The lowest BCUT2D eigenvalue weighted by molar-refractivity contribution is 0.101. The zero-order valence-electron chi connectivity index (χ0n) is 16.0. The normalized spacial score (nSPS) is 11.6. The van der Waals surface area contributed by atoms with Crippen LogP contribution < -0.4 is 4.74 Å². The Kier molecular flexibility index (Phi) is 12.4. The Labute approximate surface area is 158 Å².